The summed E-state index contributed by atoms with van der Waals surface area (Å²) < 4.78 is 15.6. The molecule has 10 aromatic rings. The quantitative estimate of drug-likeness (QED) is 0.184. The molecule has 7 aromatic carbocycles. The first-order chi connectivity index (χ1) is 26.5. The maximum absolute atomic E-state index is 6.64. The Balaban J connectivity index is 1.14. The van der Waals surface area contributed by atoms with E-state index in [-0.39, 0.29) is 5.41 Å². The van der Waals surface area contributed by atoms with Crippen molar-refractivity contribution in [1.29, 1.82) is 0 Å². The Morgan fingerprint density at radius 2 is 1.17 bits per heavy atom. The number of para-hydroxylation sites is 4. The zero-order valence-electron chi connectivity index (χ0n) is 30.1. The maximum atomic E-state index is 6.64. The van der Waals surface area contributed by atoms with Gasteiger partial charge in [-0.15, -0.1) is 0 Å². The minimum atomic E-state index is -0.0952. The van der Waals surface area contributed by atoms with Crippen LogP contribution in [-0.4, -0.2) is 4.57 Å². The lowest BCUT2D eigenvalue weighted by Crippen LogP contribution is -2.18. The highest BCUT2D eigenvalue weighted by Crippen LogP contribution is 2.57. The van der Waals surface area contributed by atoms with Crippen molar-refractivity contribution >= 4 is 65.9 Å². The monoisotopic (exact) mass is 693 g/mol. The van der Waals surface area contributed by atoms with Crippen molar-refractivity contribution in [2.75, 3.05) is 0 Å². The molecule has 0 atom stereocenters. The standard InChI is InChI=1S/C51H35NO2/c1-51(2)42-18-7-3-12-35(42)39-24-25-44-48(49(39)51)41-15-4-8-19-43(41)52(44)33-27-31(30-22-23-38-36-13-5-9-20-45(36)53-47(38)29-30)26-32(28-33)34-16-11-17-40-37-14-6-10-21-46(37)54-50(34)40/h3-23,26-29H,24-25H2,1-2H3. The van der Waals surface area contributed by atoms with Gasteiger partial charge in [-0.05, 0) is 100 Å². The first-order valence-electron chi connectivity index (χ1n) is 19.0. The molecule has 54 heavy (non-hydrogen) atoms. The Bertz CT molecular complexity index is 3250. The lowest BCUT2D eigenvalue weighted by atomic mass is 9.75. The second-order valence-corrected chi connectivity index (χ2v) is 15.6. The van der Waals surface area contributed by atoms with E-state index in [1.807, 2.05) is 18.2 Å². The molecule has 0 spiro atoms. The van der Waals surface area contributed by atoms with Crippen molar-refractivity contribution in [1.82, 2.24) is 4.57 Å². The molecule has 0 fully saturated rings. The Labute approximate surface area is 312 Å². The minimum Gasteiger partial charge on any atom is -0.456 e. The van der Waals surface area contributed by atoms with Crippen molar-refractivity contribution in [3.63, 3.8) is 0 Å². The molecule has 3 nitrogen and oxygen atoms in total. The van der Waals surface area contributed by atoms with Crippen molar-refractivity contribution in [3.8, 4) is 27.9 Å². The summed E-state index contributed by atoms with van der Waals surface area (Å²) in [5.41, 5.74) is 19.0. The highest BCUT2D eigenvalue weighted by molar-refractivity contribution is 6.12. The molecule has 0 saturated heterocycles. The molecule has 256 valence electrons. The van der Waals surface area contributed by atoms with Crippen molar-refractivity contribution < 1.29 is 8.83 Å². The number of allylic oxidation sites excluding steroid dienone is 2. The smallest absolute Gasteiger partial charge is 0.143 e. The number of fused-ring (bicyclic) bond motifs is 12. The van der Waals surface area contributed by atoms with E-state index in [0.29, 0.717) is 0 Å². The third-order valence-electron chi connectivity index (χ3n) is 12.3. The van der Waals surface area contributed by atoms with Gasteiger partial charge in [0.1, 0.15) is 22.3 Å². The largest absolute Gasteiger partial charge is 0.456 e. The molecule has 0 amide bonds. The SMILES string of the molecule is CC1(C)C2=C(CCc3c2c2ccccc2n3-c2cc(-c3ccc4c(c3)oc3ccccc34)cc(-c3cccc4c3oc3ccccc34)c2)c2ccccc21. The fraction of sp³-hybridized carbons (Fsp3) is 0.0980. The van der Waals surface area contributed by atoms with Gasteiger partial charge in [0.25, 0.3) is 0 Å². The third kappa shape index (κ3) is 4.01. The van der Waals surface area contributed by atoms with Crippen molar-refractivity contribution in [2.45, 2.75) is 32.1 Å². The second kappa shape index (κ2) is 10.7. The summed E-state index contributed by atoms with van der Waals surface area (Å²) in [6, 6.07) is 55.0. The van der Waals surface area contributed by atoms with Crippen LogP contribution in [0.1, 0.15) is 42.7 Å². The van der Waals surface area contributed by atoms with Crippen LogP contribution in [0.5, 0.6) is 0 Å². The fourth-order valence-corrected chi connectivity index (χ4v) is 9.95. The predicted octanol–water partition coefficient (Wildman–Crippen LogP) is 13.9. The van der Waals surface area contributed by atoms with Crippen LogP contribution in [0.15, 0.2) is 160 Å². The van der Waals surface area contributed by atoms with E-state index in [1.54, 1.807) is 0 Å². The highest BCUT2D eigenvalue weighted by atomic mass is 16.3. The van der Waals surface area contributed by atoms with Gasteiger partial charge in [0.2, 0.25) is 0 Å². The van der Waals surface area contributed by atoms with E-state index in [1.165, 1.54) is 44.4 Å². The molecule has 0 N–H and O–H groups in total. The summed E-state index contributed by atoms with van der Waals surface area (Å²) >= 11 is 0. The maximum Gasteiger partial charge on any atom is 0.143 e. The number of furan rings is 2. The molecule has 12 rings (SSSR count). The molecule has 0 aliphatic heterocycles. The van der Waals surface area contributed by atoms with E-state index in [2.05, 4.69) is 152 Å². The average Bonchev–Trinajstić information content (AvgIpc) is 3.94. The number of nitrogens with zero attached hydrogens (tertiary/aromatic N) is 1. The van der Waals surface area contributed by atoms with Crippen LogP contribution in [0.4, 0.5) is 0 Å². The Hall–Kier alpha value is -6.58. The average molecular weight is 694 g/mol. The topological polar surface area (TPSA) is 31.2 Å². The van der Waals surface area contributed by atoms with Crippen LogP contribution in [-0.2, 0) is 11.8 Å². The number of aromatic nitrogens is 1. The zero-order chi connectivity index (χ0) is 35.7. The second-order valence-electron chi connectivity index (χ2n) is 15.6. The van der Waals surface area contributed by atoms with Crippen LogP contribution in [0.3, 0.4) is 0 Å². The van der Waals surface area contributed by atoms with Crippen LogP contribution in [0.2, 0.25) is 0 Å². The van der Waals surface area contributed by atoms with E-state index in [4.69, 9.17) is 8.83 Å². The van der Waals surface area contributed by atoms with Crippen LogP contribution < -0.4 is 0 Å². The third-order valence-corrected chi connectivity index (χ3v) is 12.3. The summed E-state index contributed by atoms with van der Waals surface area (Å²) in [7, 11) is 0. The number of hydrogen-bond donors (Lipinski definition) is 0. The minimum absolute atomic E-state index is 0.0952. The van der Waals surface area contributed by atoms with Crippen LogP contribution in [0, 0.1) is 0 Å². The molecule has 2 aliphatic carbocycles. The summed E-state index contributed by atoms with van der Waals surface area (Å²) in [6.45, 7) is 4.83. The summed E-state index contributed by atoms with van der Waals surface area (Å²) in [5.74, 6) is 0. The fourth-order valence-electron chi connectivity index (χ4n) is 9.95. The summed E-state index contributed by atoms with van der Waals surface area (Å²) in [6.07, 6.45) is 1.99. The lowest BCUT2D eigenvalue weighted by Gasteiger charge is -2.28. The Kier molecular flexibility index (Phi) is 5.96. The first kappa shape index (κ1) is 29.9. The van der Waals surface area contributed by atoms with Gasteiger partial charge in [0.05, 0.1) is 5.52 Å². The van der Waals surface area contributed by atoms with Crippen molar-refractivity contribution in [2.24, 2.45) is 0 Å². The summed E-state index contributed by atoms with van der Waals surface area (Å²) in [5, 5.41) is 5.85. The van der Waals surface area contributed by atoms with Gasteiger partial charge >= 0.3 is 0 Å². The van der Waals surface area contributed by atoms with Gasteiger partial charge in [-0.3, -0.25) is 0 Å². The lowest BCUT2D eigenvalue weighted by molar-refractivity contribution is 0.669. The van der Waals surface area contributed by atoms with E-state index < -0.39 is 0 Å². The van der Waals surface area contributed by atoms with Gasteiger partial charge in [-0.2, -0.15) is 0 Å². The number of benzene rings is 7. The molecular weight excluding hydrogens is 659 g/mol. The molecule has 3 heterocycles. The normalized spacial score (nSPS) is 14.8. The van der Waals surface area contributed by atoms with Gasteiger partial charge in [-0.25, -0.2) is 0 Å². The van der Waals surface area contributed by atoms with E-state index >= 15 is 0 Å². The van der Waals surface area contributed by atoms with Gasteiger partial charge in [-0.1, -0.05) is 117 Å². The summed E-state index contributed by atoms with van der Waals surface area (Å²) in [4.78, 5) is 0. The molecule has 0 bridgehead atoms. The molecule has 0 radical (unpaired) electrons. The Morgan fingerprint density at radius 1 is 0.500 bits per heavy atom. The zero-order valence-corrected chi connectivity index (χ0v) is 30.1. The molecule has 0 unspecified atom stereocenters. The van der Waals surface area contributed by atoms with E-state index in [0.717, 1.165) is 84.7 Å². The number of rotatable bonds is 3. The van der Waals surface area contributed by atoms with Gasteiger partial charge < -0.3 is 13.4 Å². The first-order valence-corrected chi connectivity index (χ1v) is 19.0. The van der Waals surface area contributed by atoms with Crippen LogP contribution in [0.25, 0.3) is 93.9 Å². The van der Waals surface area contributed by atoms with Gasteiger partial charge in [0.15, 0.2) is 0 Å². The molecular formula is C51H35NO2. The van der Waals surface area contributed by atoms with Crippen LogP contribution >= 0.6 is 0 Å². The molecule has 3 heteroatoms. The predicted molar refractivity (Wildman–Crippen MR) is 223 cm³/mol. The van der Waals surface area contributed by atoms with Crippen molar-refractivity contribution in [3.05, 3.63) is 174 Å². The van der Waals surface area contributed by atoms with E-state index in [9.17, 15) is 0 Å². The number of hydrogen-bond acceptors (Lipinski definition) is 2. The Morgan fingerprint density at radius 3 is 2.04 bits per heavy atom. The molecule has 2 aliphatic rings. The van der Waals surface area contributed by atoms with Gasteiger partial charge in [0, 0.05) is 54.9 Å². The molecule has 3 aromatic heterocycles. The molecule has 0 saturated carbocycles. The highest BCUT2D eigenvalue weighted by Gasteiger charge is 2.42.